The lowest BCUT2D eigenvalue weighted by molar-refractivity contribution is -0.144. The van der Waals surface area contributed by atoms with Crippen molar-refractivity contribution in [2.24, 2.45) is 5.10 Å². The smallest absolute Gasteiger partial charge is 0.344 e. The molecule has 2 rings (SSSR count). The Morgan fingerprint density at radius 1 is 1.23 bits per heavy atom. The second kappa shape index (κ2) is 8.61. The van der Waals surface area contributed by atoms with E-state index in [1.165, 1.54) is 44.5 Å². The Kier molecular flexibility index (Phi) is 6.26. The normalized spacial score (nSPS) is 11.8. The number of nitrogens with zero attached hydrogens (tertiary/aromatic N) is 1. The summed E-state index contributed by atoms with van der Waals surface area (Å²) in [5.41, 5.74) is 2.96. The number of aliphatic carboxylic acids is 1. The molecule has 136 valence electrons. The van der Waals surface area contributed by atoms with Crippen molar-refractivity contribution in [3.63, 3.8) is 0 Å². The molecule has 0 saturated heterocycles. The highest BCUT2D eigenvalue weighted by molar-refractivity contribution is 5.95. The summed E-state index contributed by atoms with van der Waals surface area (Å²) >= 11 is 0. The molecule has 0 aliphatic carbocycles. The van der Waals surface area contributed by atoms with E-state index in [-0.39, 0.29) is 11.3 Å². The van der Waals surface area contributed by atoms with E-state index >= 15 is 0 Å². The lowest BCUT2D eigenvalue weighted by Crippen LogP contribution is -2.24. The summed E-state index contributed by atoms with van der Waals surface area (Å²) in [4.78, 5) is 23.0. The topological polar surface area (TPSA) is 97.2 Å². The fourth-order valence-electron chi connectivity index (χ4n) is 1.97. The van der Waals surface area contributed by atoms with E-state index in [1.807, 2.05) is 0 Å². The van der Waals surface area contributed by atoms with Crippen molar-refractivity contribution in [1.29, 1.82) is 0 Å². The van der Waals surface area contributed by atoms with Gasteiger partial charge in [-0.3, -0.25) is 4.79 Å². The van der Waals surface area contributed by atoms with Crippen LogP contribution in [0, 0.1) is 5.82 Å². The van der Waals surface area contributed by atoms with E-state index in [1.54, 1.807) is 18.2 Å². The molecule has 26 heavy (non-hydrogen) atoms. The zero-order valence-corrected chi connectivity index (χ0v) is 14.1. The molecule has 8 heteroatoms. The van der Waals surface area contributed by atoms with Crippen molar-refractivity contribution in [3.8, 4) is 11.5 Å². The van der Waals surface area contributed by atoms with E-state index in [0.717, 1.165) is 0 Å². The highest BCUT2D eigenvalue weighted by Crippen LogP contribution is 2.31. The Balaban J connectivity index is 2.17. The summed E-state index contributed by atoms with van der Waals surface area (Å²) in [5, 5.41) is 12.8. The Morgan fingerprint density at radius 3 is 2.54 bits per heavy atom. The molecular weight excluding hydrogens is 343 g/mol. The van der Waals surface area contributed by atoms with Crippen LogP contribution in [0.5, 0.6) is 11.5 Å². The predicted molar refractivity (Wildman–Crippen MR) is 92.2 cm³/mol. The molecule has 0 aliphatic heterocycles. The van der Waals surface area contributed by atoms with Gasteiger partial charge in [0.05, 0.1) is 13.3 Å². The predicted octanol–water partition coefficient (Wildman–Crippen LogP) is 2.45. The first-order valence-electron chi connectivity index (χ1n) is 7.57. The minimum absolute atomic E-state index is 0.185. The number of para-hydroxylation sites is 1. The van der Waals surface area contributed by atoms with Gasteiger partial charge >= 0.3 is 5.97 Å². The molecule has 0 aromatic heterocycles. The maximum atomic E-state index is 12.9. The summed E-state index contributed by atoms with van der Waals surface area (Å²) in [6, 6.07) is 9.89. The molecule has 0 heterocycles. The number of ether oxygens (including phenoxy) is 2. The van der Waals surface area contributed by atoms with Gasteiger partial charge in [-0.15, -0.1) is 0 Å². The first kappa shape index (κ1) is 18.9. The number of benzene rings is 2. The average Bonchev–Trinajstić information content (AvgIpc) is 2.63. The Hall–Kier alpha value is -3.42. The van der Waals surface area contributed by atoms with Crippen LogP contribution in [0.3, 0.4) is 0 Å². The molecule has 0 aliphatic rings. The molecule has 0 spiro atoms. The van der Waals surface area contributed by atoms with Gasteiger partial charge < -0.3 is 14.6 Å². The van der Waals surface area contributed by atoms with Crippen LogP contribution >= 0.6 is 0 Å². The van der Waals surface area contributed by atoms with E-state index in [0.29, 0.717) is 11.3 Å². The number of rotatable bonds is 7. The van der Waals surface area contributed by atoms with Crippen molar-refractivity contribution in [2.75, 3.05) is 7.11 Å². The molecule has 1 amide bonds. The van der Waals surface area contributed by atoms with Crippen LogP contribution in [0.1, 0.15) is 22.8 Å². The summed E-state index contributed by atoms with van der Waals surface area (Å²) in [6.07, 6.45) is 0.195. The fourth-order valence-corrected chi connectivity index (χ4v) is 1.97. The van der Waals surface area contributed by atoms with Crippen molar-refractivity contribution < 1.29 is 28.6 Å². The second-order valence-electron chi connectivity index (χ2n) is 5.18. The van der Waals surface area contributed by atoms with Gasteiger partial charge in [0.1, 0.15) is 5.82 Å². The van der Waals surface area contributed by atoms with Gasteiger partial charge in [-0.05, 0) is 43.3 Å². The van der Waals surface area contributed by atoms with Gasteiger partial charge in [-0.2, -0.15) is 5.10 Å². The number of hydrogen-bond donors (Lipinski definition) is 2. The first-order chi connectivity index (χ1) is 12.4. The second-order valence-corrected chi connectivity index (χ2v) is 5.18. The van der Waals surface area contributed by atoms with Gasteiger partial charge in [-0.1, -0.05) is 6.07 Å². The summed E-state index contributed by atoms with van der Waals surface area (Å²) < 4.78 is 23.5. The number of methoxy groups -OCH3 is 1. The van der Waals surface area contributed by atoms with E-state index in [9.17, 15) is 14.0 Å². The van der Waals surface area contributed by atoms with Gasteiger partial charge in [0, 0.05) is 11.1 Å². The molecule has 0 fully saturated rings. The maximum absolute atomic E-state index is 12.9. The van der Waals surface area contributed by atoms with Crippen molar-refractivity contribution in [1.82, 2.24) is 5.43 Å². The van der Waals surface area contributed by atoms with Crippen molar-refractivity contribution >= 4 is 18.1 Å². The fraction of sp³-hybridized carbons (Fsp3) is 0.167. The lowest BCUT2D eigenvalue weighted by Gasteiger charge is -2.15. The molecule has 2 aromatic rings. The molecule has 0 saturated carbocycles. The number of carbonyl (C=O) groups is 2. The maximum Gasteiger partial charge on any atom is 0.344 e. The van der Waals surface area contributed by atoms with Crippen LogP contribution in [0.4, 0.5) is 4.39 Å². The highest BCUT2D eigenvalue weighted by Gasteiger charge is 2.18. The Labute approximate surface area is 149 Å². The molecule has 2 N–H and O–H groups in total. The number of halogens is 1. The van der Waals surface area contributed by atoms with Gasteiger partial charge in [0.15, 0.2) is 17.6 Å². The Bertz CT molecular complexity index is 821. The zero-order valence-electron chi connectivity index (χ0n) is 14.1. The average molecular weight is 360 g/mol. The third kappa shape index (κ3) is 4.79. The number of carbonyl (C=O) groups excluding carboxylic acids is 1. The van der Waals surface area contributed by atoms with Crippen LogP contribution < -0.4 is 14.9 Å². The standard InChI is InChI=1S/C18H17FN2O5/c1-11(18(23)24)26-16-13(4-3-5-15(16)25-2)10-20-21-17(22)12-6-8-14(19)9-7-12/h3-11H,1-2H3,(H,21,22)(H,23,24)/b20-10-/t11-/m1/s1. The molecule has 2 aromatic carbocycles. The number of hydrazone groups is 1. The van der Waals surface area contributed by atoms with E-state index < -0.39 is 23.8 Å². The summed E-state index contributed by atoms with van der Waals surface area (Å²) in [5.74, 6) is -1.60. The molecule has 0 unspecified atom stereocenters. The largest absolute Gasteiger partial charge is 0.493 e. The third-order valence-electron chi connectivity index (χ3n) is 3.35. The van der Waals surface area contributed by atoms with Crippen LogP contribution in [0.2, 0.25) is 0 Å². The number of amides is 1. The number of nitrogens with one attached hydrogen (secondary N) is 1. The molecule has 7 nitrogen and oxygen atoms in total. The summed E-state index contributed by atoms with van der Waals surface area (Å²) in [7, 11) is 1.42. The zero-order chi connectivity index (χ0) is 19.1. The first-order valence-corrected chi connectivity index (χ1v) is 7.57. The number of carboxylic acid groups (broad SMARTS) is 1. The molecule has 1 atom stereocenters. The Morgan fingerprint density at radius 2 is 1.92 bits per heavy atom. The van der Waals surface area contributed by atoms with Crippen molar-refractivity contribution in [3.05, 3.63) is 59.4 Å². The number of carboxylic acids is 1. The summed E-state index contributed by atoms with van der Waals surface area (Å²) in [6.45, 7) is 1.38. The van der Waals surface area contributed by atoms with Gasteiger partial charge in [0.25, 0.3) is 5.91 Å². The van der Waals surface area contributed by atoms with Crippen LogP contribution in [-0.2, 0) is 4.79 Å². The minimum atomic E-state index is -1.14. The molecule has 0 radical (unpaired) electrons. The molecular formula is C18H17FN2O5. The van der Waals surface area contributed by atoms with Gasteiger partial charge in [-0.25, -0.2) is 14.6 Å². The quantitative estimate of drug-likeness (QED) is 0.584. The van der Waals surface area contributed by atoms with E-state index in [2.05, 4.69) is 10.5 Å². The van der Waals surface area contributed by atoms with Crippen LogP contribution in [-0.4, -0.2) is 36.4 Å². The van der Waals surface area contributed by atoms with E-state index in [4.69, 9.17) is 14.6 Å². The lowest BCUT2D eigenvalue weighted by atomic mass is 10.2. The third-order valence-corrected chi connectivity index (χ3v) is 3.35. The van der Waals surface area contributed by atoms with Gasteiger partial charge in [0.2, 0.25) is 0 Å². The highest BCUT2D eigenvalue weighted by atomic mass is 19.1. The van der Waals surface area contributed by atoms with Crippen LogP contribution in [0.15, 0.2) is 47.6 Å². The monoisotopic (exact) mass is 360 g/mol. The van der Waals surface area contributed by atoms with Crippen LogP contribution in [0.25, 0.3) is 0 Å². The SMILES string of the molecule is COc1cccc(/C=N\NC(=O)c2ccc(F)cc2)c1O[C@H](C)C(=O)O. The molecule has 0 bridgehead atoms. The number of hydrogen-bond acceptors (Lipinski definition) is 5. The minimum Gasteiger partial charge on any atom is -0.493 e. The van der Waals surface area contributed by atoms with Crippen molar-refractivity contribution in [2.45, 2.75) is 13.0 Å².